The molecule has 9 heteroatoms. The standard InChI is InChI=1S/C27H30N6O3/c1-35-26-15-23(32-8-6-22(7-9-32)33-10-12-36-13-11-33)4-5-24(26)31-27-29-17-21(18-30-27)19-2-3-20(16-28)25(34)14-19/h2-5,14-15,17-18,22,34H,6-13H2,1H3,(H,29,30,31). The Labute approximate surface area is 210 Å². The molecular formula is C27H30N6O3. The summed E-state index contributed by atoms with van der Waals surface area (Å²) in [7, 11) is 1.66. The van der Waals surface area contributed by atoms with E-state index in [4.69, 9.17) is 14.7 Å². The van der Waals surface area contributed by atoms with Crippen LogP contribution < -0.4 is 15.0 Å². The fraction of sp³-hybridized carbons (Fsp3) is 0.370. The lowest BCUT2D eigenvalue weighted by Crippen LogP contribution is -2.49. The second kappa shape index (κ2) is 10.8. The lowest BCUT2D eigenvalue weighted by Gasteiger charge is -2.40. The van der Waals surface area contributed by atoms with Crippen LogP contribution >= 0.6 is 0 Å². The van der Waals surface area contributed by atoms with Crippen molar-refractivity contribution in [2.75, 3.05) is 56.7 Å². The Bertz CT molecular complexity index is 1230. The van der Waals surface area contributed by atoms with Crippen molar-refractivity contribution in [3.63, 3.8) is 0 Å². The van der Waals surface area contributed by atoms with Crippen LogP contribution in [0.15, 0.2) is 48.8 Å². The summed E-state index contributed by atoms with van der Waals surface area (Å²) in [6, 6.07) is 13.6. The summed E-state index contributed by atoms with van der Waals surface area (Å²) in [5.74, 6) is 1.11. The highest BCUT2D eigenvalue weighted by molar-refractivity contribution is 5.70. The van der Waals surface area contributed by atoms with Crippen LogP contribution in [0.25, 0.3) is 11.1 Å². The number of ether oxygens (including phenoxy) is 2. The molecule has 0 saturated carbocycles. The first kappa shape index (κ1) is 23.9. The van der Waals surface area contributed by atoms with E-state index < -0.39 is 0 Å². The topological polar surface area (TPSA) is 107 Å². The minimum atomic E-state index is -0.0626. The van der Waals surface area contributed by atoms with E-state index in [1.807, 2.05) is 12.1 Å². The Kier molecular flexibility index (Phi) is 7.16. The van der Waals surface area contributed by atoms with Gasteiger partial charge in [-0.25, -0.2) is 9.97 Å². The molecule has 0 aliphatic carbocycles. The van der Waals surface area contributed by atoms with Crippen LogP contribution in [0.3, 0.4) is 0 Å². The lowest BCUT2D eigenvalue weighted by atomic mass is 10.0. The number of phenolic OH excluding ortho intramolecular Hbond substituents is 1. The zero-order valence-electron chi connectivity index (χ0n) is 20.4. The average Bonchev–Trinajstić information content (AvgIpc) is 2.94. The van der Waals surface area contributed by atoms with Crippen LogP contribution in [-0.4, -0.2) is 72.5 Å². The molecule has 2 fully saturated rings. The molecule has 2 N–H and O–H groups in total. The SMILES string of the molecule is COc1cc(N2CCC(N3CCOCC3)CC2)ccc1Nc1ncc(-c2ccc(C#N)c(O)c2)cn1. The summed E-state index contributed by atoms with van der Waals surface area (Å²) in [4.78, 5) is 13.8. The van der Waals surface area contributed by atoms with Gasteiger partial charge in [0, 0.05) is 61.9 Å². The van der Waals surface area contributed by atoms with Gasteiger partial charge in [-0.3, -0.25) is 4.90 Å². The maximum Gasteiger partial charge on any atom is 0.227 e. The molecule has 3 aromatic rings. The van der Waals surface area contributed by atoms with Gasteiger partial charge >= 0.3 is 0 Å². The Hall–Kier alpha value is -3.87. The van der Waals surface area contributed by atoms with Gasteiger partial charge < -0.3 is 24.8 Å². The smallest absolute Gasteiger partial charge is 0.227 e. The molecule has 2 aliphatic heterocycles. The van der Waals surface area contributed by atoms with E-state index >= 15 is 0 Å². The lowest BCUT2D eigenvalue weighted by molar-refractivity contribution is 0.0115. The number of phenols is 1. The highest BCUT2D eigenvalue weighted by atomic mass is 16.5. The van der Waals surface area contributed by atoms with Crippen LogP contribution in [0.4, 0.5) is 17.3 Å². The van der Waals surface area contributed by atoms with Gasteiger partial charge in [0.15, 0.2) is 0 Å². The Morgan fingerprint density at radius 2 is 1.78 bits per heavy atom. The van der Waals surface area contributed by atoms with Crippen molar-refractivity contribution in [2.24, 2.45) is 0 Å². The number of piperidine rings is 1. The molecule has 0 atom stereocenters. The first-order valence-corrected chi connectivity index (χ1v) is 12.2. The van der Waals surface area contributed by atoms with Crippen LogP contribution in [0.2, 0.25) is 0 Å². The number of anilines is 3. The number of methoxy groups -OCH3 is 1. The number of aromatic nitrogens is 2. The monoisotopic (exact) mass is 486 g/mol. The number of nitrogens with zero attached hydrogens (tertiary/aromatic N) is 5. The maximum atomic E-state index is 9.95. The third-order valence-electron chi connectivity index (χ3n) is 6.93. The predicted molar refractivity (Wildman–Crippen MR) is 138 cm³/mol. The zero-order chi connectivity index (χ0) is 24.9. The summed E-state index contributed by atoms with van der Waals surface area (Å²) in [6.45, 7) is 5.81. The summed E-state index contributed by atoms with van der Waals surface area (Å²) >= 11 is 0. The molecule has 186 valence electrons. The molecule has 5 rings (SSSR count). The van der Waals surface area contributed by atoms with Crippen LogP contribution in [0.5, 0.6) is 11.5 Å². The van der Waals surface area contributed by atoms with Gasteiger partial charge in [0.25, 0.3) is 0 Å². The Morgan fingerprint density at radius 1 is 1.03 bits per heavy atom. The molecule has 2 aliphatic rings. The second-order valence-corrected chi connectivity index (χ2v) is 9.02. The molecule has 0 radical (unpaired) electrons. The zero-order valence-corrected chi connectivity index (χ0v) is 20.4. The highest BCUT2D eigenvalue weighted by Gasteiger charge is 2.26. The largest absolute Gasteiger partial charge is 0.507 e. The quantitative estimate of drug-likeness (QED) is 0.538. The number of hydrogen-bond donors (Lipinski definition) is 2. The van der Waals surface area contributed by atoms with E-state index in [2.05, 4.69) is 37.2 Å². The number of hydrogen-bond acceptors (Lipinski definition) is 9. The molecule has 2 aromatic carbocycles. The van der Waals surface area contributed by atoms with E-state index in [9.17, 15) is 5.11 Å². The summed E-state index contributed by atoms with van der Waals surface area (Å²) in [6.07, 6.45) is 5.66. The van der Waals surface area contributed by atoms with Crippen LogP contribution in [-0.2, 0) is 4.74 Å². The fourth-order valence-electron chi connectivity index (χ4n) is 4.88. The minimum Gasteiger partial charge on any atom is -0.507 e. The van der Waals surface area contributed by atoms with Gasteiger partial charge in [-0.05, 0) is 42.7 Å². The Morgan fingerprint density at radius 3 is 2.44 bits per heavy atom. The number of nitriles is 1. The summed E-state index contributed by atoms with van der Waals surface area (Å²) in [5, 5.41) is 22.2. The van der Waals surface area contributed by atoms with Crippen LogP contribution in [0, 0.1) is 11.3 Å². The van der Waals surface area contributed by atoms with Gasteiger partial charge in [-0.15, -0.1) is 0 Å². The molecule has 0 amide bonds. The van der Waals surface area contributed by atoms with Gasteiger partial charge in [-0.2, -0.15) is 5.26 Å². The van der Waals surface area contributed by atoms with Crippen molar-refractivity contribution >= 4 is 17.3 Å². The summed E-state index contributed by atoms with van der Waals surface area (Å²) < 4.78 is 11.2. The van der Waals surface area contributed by atoms with Gasteiger partial charge in [0.05, 0.1) is 31.6 Å². The van der Waals surface area contributed by atoms with E-state index in [-0.39, 0.29) is 11.3 Å². The molecule has 9 nitrogen and oxygen atoms in total. The molecule has 0 spiro atoms. The van der Waals surface area contributed by atoms with E-state index in [1.165, 1.54) is 6.07 Å². The molecule has 3 heterocycles. The number of morpholine rings is 1. The van der Waals surface area contributed by atoms with Gasteiger partial charge in [0.1, 0.15) is 17.6 Å². The maximum absolute atomic E-state index is 9.95. The van der Waals surface area contributed by atoms with Crippen molar-refractivity contribution in [1.29, 1.82) is 5.26 Å². The van der Waals surface area contributed by atoms with E-state index in [0.29, 0.717) is 12.0 Å². The molecule has 1 aromatic heterocycles. The minimum absolute atomic E-state index is 0.0626. The molecule has 0 bridgehead atoms. The highest BCUT2D eigenvalue weighted by Crippen LogP contribution is 2.33. The van der Waals surface area contributed by atoms with Gasteiger partial charge in [0.2, 0.25) is 5.95 Å². The third kappa shape index (κ3) is 5.20. The average molecular weight is 487 g/mol. The molecule has 36 heavy (non-hydrogen) atoms. The van der Waals surface area contributed by atoms with Crippen molar-refractivity contribution in [2.45, 2.75) is 18.9 Å². The second-order valence-electron chi connectivity index (χ2n) is 9.02. The third-order valence-corrected chi connectivity index (χ3v) is 6.93. The molecule has 2 saturated heterocycles. The summed E-state index contributed by atoms with van der Waals surface area (Å²) in [5.41, 5.74) is 3.64. The first-order valence-electron chi connectivity index (χ1n) is 12.2. The Balaban J connectivity index is 1.24. The number of aromatic hydroxyl groups is 1. The van der Waals surface area contributed by atoms with Crippen molar-refractivity contribution in [3.05, 3.63) is 54.4 Å². The molecular weight excluding hydrogens is 456 g/mol. The van der Waals surface area contributed by atoms with Gasteiger partial charge in [-0.1, -0.05) is 6.07 Å². The van der Waals surface area contributed by atoms with Crippen molar-refractivity contribution < 1.29 is 14.6 Å². The normalized spacial score (nSPS) is 16.9. The van der Waals surface area contributed by atoms with Crippen molar-refractivity contribution in [1.82, 2.24) is 14.9 Å². The van der Waals surface area contributed by atoms with Crippen molar-refractivity contribution in [3.8, 4) is 28.7 Å². The predicted octanol–water partition coefficient (Wildman–Crippen LogP) is 3.77. The molecule has 0 unspecified atom stereocenters. The fourth-order valence-corrected chi connectivity index (χ4v) is 4.88. The van der Waals surface area contributed by atoms with Crippen LogP contribution in [0.1, 0.15) is 18.4 Å². The number of rotatable bonds is 6. The van der Waals surface area contributed by atoms with E-state index in [0.717, 1.165) is 80.5 Å². The first-order chi connectivity index (χ1) is 17.6. The van der Waals surface area contributed by atoms with E-state index in [1.54, 1.807) is 31.6 Å². The number of benzene rings is 2. The number of nitrogens with one attached hydrogen (secondary N) is 1.